The average Bonchev–Trinajstić information content (AvgIpc) is 3.28. The minimum absolute atomic E-state index is 0.0400. The van der Waals surface area contributed by atoms with Gasteiger partial charge in [-0.1, -0.05) is 0 Å². The zero-order valence-electron chi connectivity index (χ0n) is 16.2. The second-order valence-electron chi connectivity index (χ2n) is 7.91. The number of carbonyl (C=O) groups excluding carboxylic acids is 1. The molecular formula is C20H24N6O2S. The third-order valence-electron chi connectivity index (χ3n) is 6.13. The fourth-order valence-corrected chi connectivity index (χ4v) is 5.62. The Labute approximate surface area is 173 Å². The first kappa shape index (κ1) is 18.8. The van der Waals surface area contributed by atoms with E-state index in [0.29, 0.717) is 19.8 Å². The summed E-state index contributed by atoms with van der Waals surface area (Å²) in [5.41, 5.74) is 5.46. The second kappa shape index (κ2) is 7.54. The summed E-state index contributed by atoms with van der Waals surface area (Å²) in [6, 6.07) is 8.52. The lowest BCUT2D eigenvalue weighted by molar-refractivity contribution is -0.128. The maximum atomic E-state index is 12.7. The number of rotatable bonds is 3. The molecule has 1 aromatic heterocycles. The zero-order valence-corrected chi connectivity index (χ0v) is 17.0. The van der Waals surface area contributed by atoms with Gasteiger partial charge < -0.3 is 15.4 Å². The minimum Gasteiger partial charge on any atom is -0.380 e. The summed E-state index contributed by atoms with van der Waals surface area (Å²) < 4.78 is 6.80. The Bertz CT molecular complexity index is 972. The van der Waals surface area contributed by atoms with Crippen molar-refractivity contribution in [3.63, 3.8) is 0 Å². The minimum atomic E-state index is -0.243. The van der Waals surface area contributed by atoms with Gasteiger partial charge in [0.25, 0.3) is 0 Å². The maximum Gasteiger partial charge on any atom is 0.228 e. The van der Waals surface area contributed by atoms with Crippen LogP contribution in [0.5, 0.6) is 0 Å². The lowest BCUT2D eigenvalue weighted by atomic mass is 9.88. The number of nitrogens with zero attached hydrogens (tertiary/aromatic N) is 3. The molecule has 4 heterocycles. The van der Waals surface area contributed by atoms with E-state index in [-0.39, 0.29) is 36.0 Å². The van der Waals surface area contributed by atoms with E-state index in [4.69, 9.17) is 4.74 Å². The predicted octanol–water partition coefficient (Wildman–Crippen LogP) is 1.60. The number of amides is 1. The number of piperidine rings is 1. The van der Waals surface area contributed by atoms with Crippen LogP contribution < -0.4 is 16.1 Å². The summed E-state index contributed by atoms with van der Waals surface area (Å²) >= 11 is 1.66. The average molecular weight is 413 g/mol. The van der Waals surface area contributed by atoms with Crippen LogP contribution >= 0.6 is 11.3 Å². The van der Waals surface area contributed by atoms with Crippen molar-refractivity contribution in [3.05, 3.63) is 23.2 Å². The number of aryl methyl sites for hydroxylation is 1. The van der Waals surface area contributed by atoms with Gasteiger partial charge in [0, 0.05) is 24.9 Å². The zero-order chi connectivity index (χ0) is 20.0. The van der Waals surface area contributed by atoms with E-state index < -0.39 is 0 Å². The Hall–Kier alpha value is -2.25. The highest BCUT2D eigenvalue weighted by Gasteiger charge is 2.51. The molecule has 3 fully saturated rings. The van der Waals surface area contributed by atoms with E-state index in [1.807, 2.05) is 19.1 Å². The highest BCUT2D eigenvalue weighted by molar-refractivity contribution is 7.18. The van der Waals surface area contributed by atoms with Crippen molar-refractivity contribution in [2.24, 2.45) is 11.8 Å². The Morgan fingerprint density at radius 3 is 3.14 bits per heavy atom. The molecule has 0 spiro atoms. The van der Waals surface area contributed by atoms with Crippen molar-refractivity contribution in [1.29, 1.82) is 5.26 Å². The number of hydrogen-bond donors (Lipinski definition) is 3. The van der Waals surface area contributed by atoms with Crippen LogP contribution in [0.1, 0.15) is 17.8 Å². The molecular weight excluding hydrogens is 388 g/mol. The lowest BCUT2D eigenvalue weighted by Gasteiger charge is -2.39. The maximum absolute atomic E-state index is 12.7. The highest BCUT2D eigenvalue weighted by atomic mass is 32.1. The summed E-state index contributed by atoms with van der Waals surface area (Å²) in [5, 5.41) is 19.3. The summed E-state index contributed by atoms with van der Waals surface area (Å²) in [7, 11) is 0. The number of aromatic nitrogens is 1. The third kappa shape index (κ3) is 3.36. The van der Waals surface area contributed by atoms with Crippen molar-refractivity contribution in [1.82, 2.24) is 20.7 Å². The summed E-state index contributed by atoms with van der Waals surface area (Å²) in [6.07, 6.45) is 1.33. The number of thiazole rings is 1. The molecule has 9 heteroatoms. The fourth-order valence-electron chi connectivity index (χ4n) is 4.76. The molecule has 29 heavy (non-hydrogen) atoms. The number of nitrogens with one attached hydrogen (secondary N) is 3. The van der Waals surface area contributed by atoms with E-state index in [1.165, 1.54) is 0 Å². The van der Waals surface area contributed by atoms with Gasteiger partial charge in [-0.25, -0.2) is 15.4 Å². The molecule has 2 aromatic rings. The van der Waals surface area contributed by atoms with Crippen LogP contribution in [0, 0.1) is 30.1 Å². The molecule has 8 nitrogen and oxygen atoms in total. The van der Waals surface area contributed by atoms with Crippen molar-refractivity contribution in [2.45, 2.75) is 38.0 Å². The first-order chi connectivity index (χ1) is 14.1. The molecule has 0 bridgehead atoms. The molecule has 5 rings (SSSR count). The Morgan fingerprint density at radius 1 is 1.38 bits per heavy atom. The van der Waals surface area contributed by atoms with E-state index in [1.54, 1.807) is 11.3 Å². The van der Waals surface area contributed by atoms with Gasteiger partial charge in [-0.3, -0.25) is 4.79 Å². The summed E-state index contributed by atoms with van der Waals surface area (Å²) in [4.78, 5) is 17.3. The standard InChI is InChI=1S/C20H24N6O2S/c1-11-23-14-3-2-13(8-17(14)29-11)24-19-18-15(4-6-22-20(18)27)26(25-19)16-10-28-7-5-12(16)9-21/h2-3,8,12,15-16,18-19,24-25H,4-7,10H2,1H3,(H,22,27)/t12-,15?,16?,18?,19?/m1/s1. The first-order valence-corrected chi connectivity index (χ1v) is 10.9. The van der Waals surface area contributed by atoms with Gasteiger partial charge >= 0.3 is 0 Å². The Balaban J connectivity index is 1.42. The van der Waals surface area contributed by atoms with Gasteiger partial charge in [-0.15, -0.1) is 11.3 Å². The van der Waals surface area contributed by atoms with Crippen LogP contribution in [0.2, 0.25) is 0 Å². The summed E-state index contributed by atoms with van der Waals surface area (Å²) in [6.45, 7) is 3.78. The molecule has 0 radical (unpaired) electrons. The van der Waals surface area contributed by atoms with Crippen molar-refractivity contribution < 1.29 is 9.53 Å². The SMILES string of the molecule is Cc1nc2ccc(NC3NN(C4COCC[C@@H]4C#N)C4CCNC(=O)C34)cc2s1. The lowest BCUT2D eigenvalue weighted by Crippen LogP contribution is -2.56. The third-order valence-corrected chi connectivity index (χ3v) is 7.06. The number of fused-ring (bicyclic) bond motifs is 2. The monoisotopic (exact) mass is 412 g/mol. The summed E-state index contributed by atoms with van der Waals surface area (Å²) in [5.74, 6) is -0.283. The molecule has 0 saturated carbocycles. The van der Waals surface area contributed by atoms with Gasteiger partial charge in [0.15, 0.2) is 0 Å². The number of hydrazine groups is 1. The molecule has 3 N–H and O–H groups in total. The smallest absolute Gasteiger partial charge is 0.228 e. The largest absolute Gasteiger partial charge is 0.380 e. The normalized spacial score (nSPS) is 32.6. The van der Waals surface area contributed by atoms with Crippen LogP contribution in [0.3, 0.4) is 0 Å². The quantitative estimate of drug-likeness (QED) is 0.704. The van der Waals surface area contributed by atoms with E-state index in [0.717, 1.165) is 33.8 Å². The van der Waals surface area contributed by atoms with Crippen LogP contribution in [0.4, 0.5) is 5.69 Å². The molecule has 3 aliphatic rings. The second-order valence-corrected chi connectivity index (χ2v) is 9.15. The number of benzene rings is 1. The van der Waals surface area contributed by atoms with E-state index >= 15 is 0 Å². The van der Waals surface area contributed by atoms with Crippen molar-refractivity contribution in [3.8, 4) is 6.07 Å². The molecule has 0 aliphatic carbocycles. The number of carbonyl (C=O) groups is 1. The van der Waals surface area contributed by atoms with E-state index in [2.05, 4.69) is 38.2 Å². The molecule has 3 aliphatic heterocycles. The Kier molecular flexibility index (Phi) is 4.87. The van der Waals surface area contributed by atoms with Gasteiger partial charge in [-0.05, 0) is 38.0 Å². The number of hydrogen-bond acceptors (Lipinski definition) is 8. The van der Waals surface area contributed by atoms with Crippen LogP contribution in [0.25, 0.3) is 10.2 Å². The van der Waals surface area contributed by atoms with Crippen molar-refractivity contribution >= 4 is 33.1 Å². The Morgan fingerprint density at radius 2 is 2.28 bits per heavy atom. The van der Waals surface area contributed by atoms with Crippen molar-refractivity contribution in [2.75, 3.05) is 25.1 Å². The van der Waals surface area contributed by atoms with Crippen LogP contribution in [-0.4, -0.2) is 53.9 Å². The first-order valence-electron chi connectivity index (χ1n) is 10.1. The molecule has 1 amide bonds. The van der Waals surface area contributed by atoms with Gasteiger partial charge in [0.1, 0.15) is 6.17 Å². The molecule has 5 atom stereocenters. The number of ether oxygens (including phenoxy) is 1. The van der Waals surface area contributed by atoms with E-state index in [9.17, 15) is 10.1 Å². The van der Waals surface area contributed by atoms with Crippen LogP contribution in [-0.2, 0) is 9.53 Å². The van der Waals surface area contributed by atoms with Gasteiger partial charge in [-0.2, -0.15) is 5.26 Å². The topological polar surface area (TPSA) is 102 Å². The highest BCUT2D eigenvalue weighted by Crippen LogP contribution is 2.34. The molecule has 3 saturated heterocycles. The molecule has 1 aromatic carbocycles. The number of anilines is 1. The number of nitriles is 1. The van der Waals surface area contributed by atoms with Gasteiger partial charge in [0.05, 0.1) is 45.8 Å². The molecule has 4 unspecified atom stereocenters. The predicted molar refractivity (Wildman–Crippen MR) is 110 cm³/mol. The van der Waals surface area contributed by atoms with Crippen LogP contribution in [0.15, 0.2) is 18.2 Å². The molecule has 152 valence electrons. The van der Waals surface area contributed by atoms with Gasteiger partial charge in [0.2, 0.25) is 5.91 Å². The fraction of sp³-hybridized carbons (Fsp3) is 0.550.